The summed E-state index contributed by atoms with van der Waals surface area (Å²) < 4.78 is 0. The Morgan fingerprint density at radius 1 is 1.06 bits per heavy atom. The second-order valence-corrected chi connectivity index (χ2v) is 9.78. The van der Waals surface area contributed by atoms with Crippen LogP contribution in [0, 0.1) is 5.92 Å². The number of nitrogens with one attached hydrogen (secondary N) is 1. The number of aromatic nitrogens is 2. The molecule has 1 saturated carbocycles. The van der Waals surface area contributed by atoms with E-state index in [0.29, 0.717) is 11.5 Å². The molecular weight excluding hydrogens is 394 g/mol. The molecule has 1 aromatic heterocycles. The number of carbonyl (C=O) groups excluding carboxylic acids is 1. The summed E-state index contributed by atoms with van der Waals surface area (Å²) in [7, 11) is 0. The predicted molar refractivity (Wildman–Crippen MR) is 131 cm³/mol. The van der Waals surface area contributed by atoms with Crippen LogP contribution in [0.25, 0.3) is 22.3 Å². The van der Waals surface area contributed by atoms with Gasteiger partial charge >= 0.3 is 0 Å². The monoisotopic (exact) mass is 427 g/mol. The summed E-state index contributed by atoms with van der Waals surface area (Å²) >= 11 is 0. The summed E-state index contributed by atoms with van der Waals surface area (Å²) in [4.78, 5) is 22.2. The lowest BCUT2D eigenvalue weighted by atomic mass is 9.92. The molecule has 166 valence electrons. The van der Waals surface area contributed by atoms with Crippen molar-refractivity contribution in [2.75, 3.05) is 0 Å². The molecule has 4 nitrogen and oxygen atoms in total. The number of benzene rings is 2. The van der Waals surface area contributed by atoms with Gasteiger partial charge in [-0.1, -0.05) is 45.0 Å². The molecule has 0 radical (unpaired) electrons. The summed E-state index contributed by atoms with van der Waals surface area (Å²) in [6.07, 6.45) is 6.82. The standard InChI is InChI=1S/C28H33N3O/c1-6-19-7-9-20(10-8-19)21-13-22(25-16-29-17-30-26(25)18(2)3)15-23(14-21)27(32)31-28(4,5)24-11-12-24/h7-10,13-18,24H,6,11-12H2,1-5H3,(H,31,32). The van der Waals surface area contributed by atoms with Crippen LogP contribution in [0.3, 0.4) is 0 Å². The van der Waals surface area contributed by atoms with E-state index in [-0.39, 0.29) is 17.4 Å². The van der Waals surface area contributed by atoms with Crippen molar-refractivity contribution in [1.82, 2.24) is 15.3 Å². The van der Waals surface area contributed by atoms with Gasteiger partial charge in [0.05, 0.1) is 5.69 Å². The van der Waals surface area contributed by atoms with Gasteiger partial charge in [-0.15, -0.1) is 0 Å². The molecule has 1 heterocycles. The average molecular weight is 428 g/mol. The van der Waals surface area contributed by atoms with Crippen LogP contribution in [-0.2, 0) is 6.42 Å². The van der Waals surface area contributed by atoms with Gasteiger partial charge in [-0.25, -0.2) is 9.97 Å². The molecule has 0 atom stereocenters. The van der Waals surface area contributed by atoms with E-state index in [1.807, 2.05) is 18.3 Å². The molecule has 1 amide bonds. The third-order valence-electron chi connectivity index (χ3n) is 6.53. The van der Waals surface area contributed by atoms with Gasteiger partial charge in [0.15, 0.2) is 0 Å². The number of amides is 1. The molecule has 0 bridgehead atoms. The van der Waals surface area contributed by atoms with Crippen LogP contribution in [0.5, 0.6) is 0 Å². The van der Waals surface area contributed by atoms with Crippen LogP contribution in [0.2, 0.25) is 0 Å². The van der Waals surface area contributed by atoms with Gasteiger partial charge in [0.2, 0.25) is 0 Å². The molecular formula is C28H33N3O. The number of aryl methyl sites for hydroxylation is 1. The van der Waals surface area contributed by atoms with Gasteiger partial charge < -0.3 is 5.32 Å². The summed E-state index contributed by atoms with van der Waals surface area (Å²) in [6, 6.07) is 14.7. The van der Waals surface area contributed by atoms with E-state index < -0.39 is 0 Å². The Balaban J connectivity index is 1.80. The van der Waals surface area contributed by atoms with E-state index in [2.05, 4.69) is 80.2 Å². The van der Waals surface area contributed by atoms with Gasteiger partial charge in [-0.2, -0.15) is 0 Å². The van der Waals surface area contributed by atoms with Gasteiger partial charge in [0.25, 0.3) is 5.91 Å². The summed E-state index contributed by atoms with van der Waals surface area (Å²) in [5, 5.41) is 3.28. The molecule has 1 aliphatic rings. The minimum atomic E-state index is -0.199. The van der Waals surface area contributed by atoms with Crippen molar-refractivity contribution >= 4 is 5.91 Å². The highest BCUT2D eigenvalue weighted by molar-refractivity contribution is 5.97. The second kappa shape index (κ2) is 8.85. The Morgan fingerprint density at radius 3 is 2.38 bits per heavy atom. The maximum absolute atomic E-state index is 13.3. The zero-order valence-corrected chi connectivity index (χ0v) is 19.8. The number of nitrogens with zero attached hydrogens (tertiary/aromatic N) is 2. The van der Waals surface area contributed by atoms with Gasteiger partial charge in [0.1, 0.15) is 6.33 Å². The van der Waals surface area contributed by atoms with Crippen LogP contribution in [-0.4, -0.2) is 21.4 Å². The largest absolute Gasteiger partial charge is 0.347 e. The van der Waals surface area contributed by atoms with Crippen molar-refractivity contribution in [2.24, 2.45) is 5.92 Å². The highest BCUT2D eigenvalue weighted by atomic mass is 16.1. The van der Waals surface area contributed by atoms with Crippen molar-refractivity contribution in [3.63, 3.8) is 0 Å². The molecule has 0 saturated heterocycles. The smallest absolute Gasteiger partial charge is 0.251 e. The fourth-order valence-corrected chi connectivity index (χ4v) is 4.31. The lowest BCUT2D eigenvalue weighted by molar-refractivity contribution is 0.0903. The van der Waals surface area contributed by atoms with E-state index >= 15 is 0 Å². The summed E-state index contributed by atoms with van der Waals surface area (Å²) in [6.45, 7) is 10.7. The fourth-order valence-electron chi connectivity index (χ4n) is 4.31. The number of hydrogen-bond acceptors (Lipinski definition) is 3. The topological polar surface area (TPSA) is 54.9 Å². The quantitative estimate of drug-likeness (QED) is 0.474. The zero-order chi connectivity index (χ0) is 22.9. The van der Waals surface area contributed by atoms with Gasteiger partial charge in [-0.3, -0.25) is 4.79 Å². The minimum absolute atomic E-state index is 0.0295. The Morgan fingerprint density at radius 2 is 1.75 bits per heavy atom. The number of hydrogen-bond donors (Lipinski definition) is 1. The summed E-state index contributed by atoms with van der Waals surface area (Å²) in [5.41, 5.74) is 6.83. The molecule has 32 heavy (non-hydrogen) atoms. The first kappa shape index (κ1) is 22.2. The van der Waals surface area contributed by atoms with Crippen molar-refractivity contribution in [3.8, 4) is 22.3 Å². The highest BCUT2D eigenvalue weighted by Crippen LogP contribution is 2.39. The molecule has 0 spiro atoms. The molecule has 0 aliphatic heterocycles. The van der Waals surface area contributed by atoms with Crippen molar-refractivity contribution in [2.45, 2.75) is 65.3 Å². The van der Waals surface area contributed by atoms with E-state index in [0.717, 1.165) is 34.4 Å². The maximum Gasteiger partial charge on any atom is 0.251 e. The first-order valence-electron chi connectivity index (χ1n) is 11.7. The van der Waals surface area contributed by atoms with E-state index in [4.69, 9.17) is 0 Å². The van der Waals surface area contributed by atoms with Crippen LogP contribution in [0.1, 0.15) is 75.0 Å². The molecule has 1 fully saturated rings. The predicted octanol–water partition coefficient (Wildman–Crippen LogP) is 6.41. The number of rotatable bonds is 7. The van der Waals surface area contributed by atoms with Crippen LogP contribution in [0.15, 0.2) is 55.0 Å². The zero-order valence-electron chi connectivity index (χ0n) is 19.8. The van der Waals surface area contributed by atoms with E-state index in [9.17, 15) is 4.79 Å². The first-order chi connectivity index (χ1) is 15.3. The highest BCUT2D eigenvalue weighted by Gasteiger charge is 2.38. The lowest BCUT2D eigenvalue weighted by Gasteiger charge is -2.26. The average Bonchev–Trinajstić information content (AvgIpc) is 3.65. The Bertz CT molecular complexity index is 1110. The Labute approximate surface area is 191 Å². The van der Waals surface area contributed by atoms with Crippen molar-refractivity contribution < 1.29 is 4.79 Å². The van der Waals surface area contributed by atoms with Crippen molar-refractivity contribution in [1.29, 1.82) is 0 Å². The third-order valence-corrected chi connectivity index (χ3v) is 6.53. The maximum atomic E-state index is 13.3. The molecule has 0 unspecified atom stereocenters. The Kier molecular flexibility index (Phi) is 6.14. The molecule has 1 aliphatic carbocycles. The normalized spacial score (nSPS) is 13.9. The first-order valence-corrected chi connectivity index (χ1v) is 11.7. The molecule has 3 aromatic rings. The number of carbonyl (C=O) groups is 1. The molecule has 4 heteroatoms. The lowest BCUT2D eigenvalue weighted by Crippen LogP contribution is -2.45. The SMILES string of the molecule is CCc1ccc(-c2cc(C(=O)NC(C)(C)C3CC3)cc(-c3cncnc3C(C)C)c2)cc1. The van der Waals surface area contributed by atoms with Gasteiger partial charge in [0, 0.05) is 22.9 Å². The van der Waals surface area contributed by atoms with Crippen LogP contribution >= 0.6 is 0 Å². The third kappa shape index (κ3) is 4.74. The summed E-state index contributed by atoms with van der Waals surface area (Å²) in [5.74, 6) is 0.787. The fraction of sp³-hybridized carbons (Fsp3) is 0.393. The molecule has 2 aromatic carbocycles. The van der Waals surface area contributed by atoms with Crippen LogP contribution < -0.4 is 5.32 Å². The van der Waals surface area contributed by atoms with Crippen LogP contribution in [0.4, 0.5) is 0 Å². The van der Waals surface area contributed by atoms with E-state index in [1.54, 1.807) is 6.33 Å². The second-order valence-electron chi connectivity index (χ2n) is 9.78. The van der Waals surface area contributed by atoms with Crippen molar-refractivity contribution in [3.05, 3.63) is 71.8 Å². The van der Waals surface area contributed by atoms with E-state index in [1.165, 1.54) is 18.4 Å². The Hall–Kier alpha value is -3.01. The van der Waals surface area contributed by atoms with Gasteiger partial charge in [-0.05, 0) is 85.4 Å². The molecule has 4 rings (SSSR count). The molecule has 1 N–H and O–H groups in total. The minimum Gasteiger partial charge on any atom is -0.347 e.